The molecule has 0 aliphatic heterocycles. The van der Waals surface area contributed by atoms with Crippen LogP contribution in [0.5, 0.6) is 0 Å². The Morgan fingerprint density at radius 3 is 2.56 bits per heavy atom. The van der Waals surface area contributed by atoms with E-state index in [4.69, 9.17) is 4.74 Å². The maximum atomic E-state index is 12.0. The van der Waals surface area contributed by atoms with Gasteiger partial charge in [-0.1, -0.05) is 0 Å². The van der Waals surface area contributed by atoms with Crippen LogP contribution in [0.15, 0.2) is 24.5 Å². The third-order valence-corrected chi connectivity index (χ3v) is 3.47. The molecule has 0 bridgehead atoms. The fraction of sp³-hybridized carbons (Fsp3) is 0.389. The van der Waals surface area contributed by atoms with Gasteiger partial charge in [0.25, 0.3) is 5.91 Å². The molecule has 2 aromatic heterocycles. The molecule has 2 heterocycles. The number of rotatable bonds is 4. The summed E-state index contributed by atoms with van der Waals surface area (Å²) in [6.07, 6.45) is 2.79. The number of anilines is 1. The SMILES string of the molecule is Cc1cc(NC(=O)OC(C)(C)C)nc(C)c1CNC(=O)c1cc[nH]c1. The first-order chi connectivity index (χ1) is 11.7. The lowest BCUT2D eigenvalue weighted by Gasteiger charge is -2.20. The second-order valence-corrected chi connectivity index (χ2v) is 6.80. The van der Waals surface area contributed by atoms with Gasteiger partial charge in [0.1, 0.15) is 11.4 Å². The number of ether oxygens (including phenoxy) is 1. The Bertz CT molecular complexity index is 738. The number of carbonyl (C=O) groups is 2. The molecule has 7 nitrogen and oxygen atoms in total. The van der Waals surface area contributed by atoms with Crippen molar-refractivity contribution in [1.82, 2.24) is 15.3 Å². The largest absolute Gasteiger partial charge is 0.444 e. The van der Waals surface area contributed by atoms with Gasteiger partial charge in [0.2, 0.25) is 0 Å². The van der Waals surface area contributed by atoms with Gasteiger partial charge in [-0.2, -0.15) is 0 Å². The molecule has 2 aromatic rings. The molecule has 0 fully saturated rings. The van der Waals surface area contributed by atoms with Crippen molar-refractivity contribution >= 4 is 17.8 Å². The van der Waals surface area contributed by atoms with E-state index in [0.717, 1.165) is 16.8 Å². The normalized spacial score (nSPS) is 11.1. The zero-order valence-corrected chi connectivity index (χ0v) is 15.2. The lowest BCUT2D eigenvalue weighted by atomic mass is 10.1. The summed E-state index contributed by atoms with van der Waals surface area (Å²) in [7, 11) is 0. The van der Waals surface area contributed by atoms with Crippen LogP contribution in [0.4, 0.5) is 10.6 Å². The van der Waals surface area contributed by atoms with E-state index in [2.05, 4.69) is 20.6 Å². The molecule has 25 heavy (non-hydrogen) atoms. The summed E-state index contributed by atoms with van der Waals surface area (Å²) >= 11 is 0. The van der Waals surface area contributed by atoms with Crippen LogP contribution in [-0.4, -0.2) is 27.6 Å². The number of H-pyrrole nitrogens is 1. The molecule has 0 aliphatic carbocycles. The molecule has 0 atom stereocenters. The Kier molecular flexibility index (Phi) is 5.46. The van der Waals surface area contributed by atoms with Gasteiger partial charge in [-0.05, 0) is 57.9 Å². The van der Waals surface area contributed by atoms with Crippen LogP contribution in [0.1, 0.15) is 48.0 Å². The minimum Gasteiger partial charge on any atom is -0.444 e. The second kappa shape index (κ2) is 7.38. The number of pyridine rings is 1. The highest BCUT2D eigenvalue weighted by atomic mass is 16.6. The molecule has 0 spiro atoms. The summed E-state index contributed by atoms with van der Waals surface area (Å²) in [5.74, 6) is 0.265. The van der Waals surface area contributed by atoms with Crippen molar-refractivity contribution in [3.05, 3.63) is 46.9 Å². The van der Waals surface area contributed by atoms with Crippen LogP contribution in [0.25, 0.3) is 0 Å². The third-order valence-electron chi connectivity index (χ3n) is 3.47. The van der Waals surface area contributed by atoms with Crippen LogP contribution in [0, 0.1) is 13.8 Å². The molecule has 0 aliphatic rings. The molecule has 0 radical (unpaired) electrons. The predicted molar refractivity (Wildman–Crippen MR) is 95.5 cm³/mol. The zero-order valence-electron chi connectivity index (χ0n) is 15.2. The van der Waals surface area contributed by atoms with Crippen LogP contribution < -0.4 is 10.6 Å². The highest BCUT2D eigenvalue weighted by Crippen LogP contribution is 2.17. The summed E-state index contributed by atoms with van der Waals surface area (Å²) in [6.45, 7) is 9.51. The van der Waals surface area contributed by atoms with Crippen LogP contribution in [0.3, 0.4) is 0 Å². The van der Waals surface area contributed by atoms with E-state index in [1.165, 1.54) is 0 Å². The van der Waals surface area contributed by atoms with Gasteiger partial charge < -0.3 is 15.0 Å². The molecule has 134 valence electrons. The molecule has 2 rings (SSSR count). The molecule has 2 amide bonds. The van der Waals surface area contributed by atoms with Crippen molar-refractivity contribution in [2.45, 2.75) is 46.8 Å². The molecular weight excluding hydrogens is 320 g/mol. The van der Waals surface area contributed by atoms with Crippen molar-refractivity contribution in [3.8, 4) is 0 Å². The topological polar surface area (TPSA) is 96.1 Å². The number of nitrogens with zero attached hydrogens (tertiary/aromatic N) is 1. The maximum Gasteiger partial charge on any atom is 0.413 e. The summed E-state index contributed by atoms with van der Waals surface area (Å²) in [6, 6.07) is 3.47. The Balaban J connectivity index is 2.04. The van der Waals surface area contributed by atoms with Crippen LogP contribution in [0.2, 0.25) is 0 Å². The van der Waals surface area contributed by atoms with E-state index in [1.54, 1.807) is 45.3 Å². The minimum absolute atomic E-state index is 0.156. The van der Waals surface area contributed by atoms with E-state index in [9.17, 15) is 9.59 Å². The molecule has 3 N–H and O–H groups in total. The van der Waals surface area contributed by atoms with Crippen molar-refractivity contribution in [2.24, 2.45) is 0 Å². The van der Waals surface area contributed by atoms with Crippen LogP contribution in [-0.2, 0) is 11.3 Å². The number of hydrogen-bond acceptors (Lipinski definition) is 4. The standard InChI is InChI=1S/C18H24N4O3/c1-11-8-15(22-17(24)25-18(3,4)5)21-12(2)14(11)10-20-16(23)13-6-7-19-9-13/h6-9,19H,10H2,1-5H3,(H,20,23)(H,21,22,24). The van der Waals surface area contributed by atoms with Crippen molar-refractivity contribution in [1.29, 1.82) is 0 Å². The molecule has 0 saturated carbocycles. The van der Waals surface area contributed by atoms with E-state index < -0.39 is 11.7 Å². The average Bonchev–Trinajstić information content (AvgIpc) is 2.98. The zero-order chi connectivity index (χ0) is 18.6. The van der Waals surface area contributed by atoms with E-state index in [1.807, 2.05) is 13.8 Å². The van der Waals surface area contributed by atoms with Gasteiger partial charge in [0.05, 0.1) is 5.56 Å². The first kappa shape index (κ1) is 18.5. The number of aromatic nitrogens is 2. The molecule has 0 saturated heterocycles. The summed E-state index contributed by atoms with van der Waals surface area (Å²) in [5, 5.41) is 5.49. The average molecular weight is 344 g/mol. The van der Waals surface area contributed by atoms with Gasteiger partial charge in [0.15, 0.2) is 0 Å². The number of carbonyl (C=O) groups excluding carboxylic acids is 2. The highest BCUT2D eigenvalue weighted by Gasteiger charge is 2.17. The number of hydrogen-bond donors (Lipinski definition) is 3. The van der Waals surface area contributed by atoms with Crippen molar-refractivity contribution < 1.29 is 14.3 Å². The predicted octanol–water partition coefficient (Wildman–Crippen LogP) is 3.30. The number of nitrogens with one attached hydrogen (secondary N) is 3. The van der Waals surface area contributed by atoms with Crippen molar-refractivity contribution in [2.75, 3.05) is 5.32 Å². The first-order valence-electron chi connectivity index (χ1n) is 8.04. The minimum atomic E-state index is -0.573. The van der Waals surface area contributed by atoms with Gasteiger partial charge in [0, 0.05) is 24.6 Å². The maximum absolute atomic E-state index is 12.0. The van der Waals surface area contributed by atoms with Gasteiger partial charge in [-0.15, -0.1) is 0 Å². The quantitative estimate of drug-likeness (QED) is 0.793. The number of aromatic amines is 1. The highest BCUT2D eigenvalue weighted by molar-refractivity contribution is 5.93. The summed E-state index contributed by atoms with van der Waals surface area (Å²) in [5.41, 5.74) is 2.58. The first-order valence-corrected chi connectivity index (χ1v) is 8.04. The fourth-order valence-electron chi connectivity index (χ4n) is 2.33. The van der Waals surface area contributed by atoms with E-state index >= 15 is 0 Å². The lowest BCUT2D eigenvalue weighted by molar-refractivity contribution is 0.0635. The molecule has 7 heteroatoms. The monoisotopic (exact) mass is 344 g/mol. The molecule has 0 unspecified atom stereocenters. The lowest BCUT2D eigenvalue weighted by Crippen LogP contribution is -2.28. The summed E-state index contributed by atoms with van der Waals surface area (Å²) < 4.78 is 5.22. The second-order valence-electron chi connectivity index (χ2n) is 6.80. The fourth-order valence-corrected chi connectivity index (χ4v) is 2.33. The van der Waals surface area contributed by atoms with E-state index in [-0.39, 0.29) is 5.91 Å². The summed E-state index contributed by atoms with van der Waals surface area (Å²) in [4.78, 5) is 31.1. The third kappa shape index (κ3) is 5.34. The number of amides is 2. The van der Waals surface area contributed by atoms with E-state index in [0.29, 0.717) is 17.9 Å². The number of aryl methyl sites for hydroxylation is 2. The van der Waals surface area contributed by atoms with Gasteiger partial charge in [-0.25, -0.2) is 9.78 Å². The van der Waals surface area contributed by atoms with Gasteiger partial charge >= 0.3 is 6.09 Å². The Labute approximate surface area is 147 Å². The Morgan fingerprint density at radius 2 is 2.00 bits per heavy atom. The van der Waals surface area contributed by atoms with Crippen molar-refractivity contribution in [3.63, 3.8) is 0 Å². The Hall–Kier alpha value is -2.83. The smallest absolute Gasteiger partial charge is 0.413 e. The molecular formula is C18H24N4O3. The Morgan fingerprint density at radius 1 is 1.28 bits per heavy atom. The van der Waals surface area contributed by atoms with Crippen LogP contribution >= 0.6 is 0 Å². The van der Waals surface area contributed by atoms with Gasteiger partial charge in [-0.3, -0.25) is 10.1 Å². The molecule has 0 aromatic carbocycles.